The fourth-order valence-electron chi connectivity index (χ4n) is 1.83. The number of halogens is 1. The normalized spacial score (nSPS) is 11.2. The summed E-state index contributed by atoms with van der Waals surface area (Å²) in [5.74, 6) is -0.855. The van der Waals surface area contributed by atoms with Crippen LogP contribution < -0.4 is 0 Å². The Hall–Kier alpha value is -0.880. The largest absolute Gasteiger partial charge is 0.477 e. The van der Waals surface area contributed by atoms with E-state index < -0.39 is 5.97 Å². The molecule has 0 unspecified atom stereocenters. The molecule has 0 bridgehead atoms. The van der Waals surface area contributed by atoms with Gasteiger partial charge >= 0.3 is 5.97 Å². The van der Waals surface area contributed by atoms with Gasteiger partial charge in [-0.2, -0.15) is 0 Å². The molecule has 0 atom stereocenters. The molecule has 2 rings (SSSR count). The van der Waals surface area contributed by atoms with Gasteiger partial charge in [0.1, 0.15) is 4.88 Å². The molecule has 1 N–H and O–H groups in total. The van der Waals surface area contributed by atoms with Crippen molar-refractivity contribution in [2.24, 2.45) is 0 Å². The minimum absolute atomic E-state index is 0.403. The first-order valence-electron chi connectivity index (χ1n) is 5.71. The summed E-state index contributed by atoms with van der Waals surface area (Å²) >= 11 is 8.81. The first-order valence-corrected chi connectivity index (χ1v) is 7.72. The number of hydrogen-bond acceptors (Lipinski definition) is 4. The van der Waals surface area contributed by atoms with Crippen LogP contribution in [0.15, 0.2) is 18.2 Å². The van der Waals surface area contributed by atoms with Gasteiger partial charge in [0, 0.05) is 22.8 Å². The van der Waals surface area contributed by atoms with Crippen LogP contribution in [-0.2, 0) is 13.1 Å². The summed E-state index contributed by atoms with van der Waals surface area (Å²) in [6.45, 7) is 3.52. The molecule has 3 nitrogen and oxygen atoms in total. The lowest BCUT2D eigenvalue weighted by Crippen LogP contribution is -2.16. The summed E-state index contributed by atoms with van der Waals surface area (Å²) in [5, 5.41) is 8.98. The molecule has 0 aliphatic rings. The van der Waals surface area contributed by atoms with Crippen molar-refractivity contribution in [3.8, 4) is 0 Å². The Bertz CT molecular complexity index is 591. The molecule has 2 heterocycles. The summed E-state index contributed by atoms with van der Waals surface area (Å²) in [4.78, 5) is 15.8. The SMILES string of the molecule is Cc1sc(C(=O)O)cc1CN(C)Cc1ccc(Cl)s1. The Morgan fingerprint density at radius 2 is 2.11 bits per heavy atom. The Kier molecular flexibility index (Phi) is 4.62. The van der Waals surface area contributed by atoms with Gasteiger partial charge in [0.15, 0.2) is 0 Å². The molecular weight excluding hydrogens is 302 g/mol. The molecule has 0 aromatic carbocycles. The molecule has 0 aliphatic heterocycles. The number of aromatic carboxylic acids is 1. The third-order valence-electron chi connectivity index (χ3n) is 2.73. The molecule has 0 spiro atoms. The van der Waals surface area contributed by atoms with Crippen LogP contribution in [0.3, 0.4) is 0 Å². The van der Waals surface area contributed by atoms with Crippen molar-refractivity contribution < 1.29 is 9.90 Å². The van der Waals surface area contributed by atoms with Gasteiger partial charge in [0.25, 0.3) is 0 Å². The van der Waals surface area contributed by atoms with Gasteiger partial charge in [-0.3, -0.25) is 4.90 Å². The standard InChI is InChI=1S/C13H14ClNO2S2/c1-8-9(5-11(18-8)13(16)17)6-15(2)7-10-3-4-12(14)19-10/h3-5H,6-7H2,1-2H3,(H,16,17). The van der Waals surface area contributed by atoms with Gasteiger partial charge in [-0.25, -0.2) is 4.79 Å². The van der Waals surface area contributed by atoms with Crippen LogP contribution in [0.4, 0.5) is 0 Å². The monoisotopic (exact) mass is 315 g/mol. The maximum absolute atomic E-state index is 10.9. The molecule has 0 aliphatic carbocycles. The molecule has 0 saturated carbocycles. The van der Waals surface area contributed by atoms with E-state index in [1.807, 2.05) is 26.1 Å². The lowest BCUT2D eigenvalue weighted by atomic mass is 10.2. The Balaban J connectivity index is 2.02. The number of carbonyl (C=O) groups is 1. The Morgan fingerprint density at radius 1 is 1.37 bits per heavy atom. The topological polar surface area (TPSA) is 40.5 Å². The van der Waals surface area contributed by atoms with E-state index in [1.165, 1.54) is 16.2 Å². The lowest BCUT2D eigenvalue weighted by molar-refractivity contribution is 0.0702. The van der Waals surface area contributed by atoms with Gasteiger partial charge in [0.05, 0.1) is 4.34 Å². The van der Waals surface area contributed by atoms with Crippen LogP contribution in [0.5, 0.6) is 0 Å². The maximum atomic E-state index is 10.9. The summed E-state index contributed by atoms with van der Waals surface area (Å²) in [6.07, 6.45) is 0. The van der Waals surface area contributed by atoms with Crippen molar-refractivity contribution in [2.75, 3.05) is 7.05 Å². The second-order valence-electron chi connectivity index (χ2n) is 4.38. The van der Waals surface area contributed by atoms with E-state index in [-0.39, 0.29) is 0 Å². The number of aryl methyl sites for hydroxylation is 1. The van der Waals surface area contributed by atoms with E-state index in [4.69, 9.17) is 16.7 Å². The smallest absolute Gasteiger partial charge is 0.345 e. The van der Waals surface area contributed by atoms with Crippen LogP contribution in [0.2, 0.25) is 4.34 Å². The van der Waals surface area contributed by atoms with E-state index in [0.29, 0.717) is 4.88 Å². The Morgan fingerprint density at radius 3 is 2.63 bits per heavy atom. The van der Waals surface area contributed by atoms with Gasteiger partial charge in [-0.1, -0.05) is 11.6 Å². The second kappa shape index (κ2) is 6.05. The number of rotatable bonds is 5. The van der Waals surface area contributed by atoms with Gasteiger partial charge in [0.2, 0.25) is 0 Å². The summed E-state index contributed by atoms with van der Waals surface area (Å²) < 4.78 is 0.795. The van der Waals surface area contributed by atoms with E-state index in [2.05, 4.69) is 4.90 Å². The number of nitrogens with zero attached hydrogens (tertiary/aromatic N) is 1. The maximum Gasteiger partial charge on any atom is 0.345 e. The third kappa shape index (κ3) is 3.79. The predicted molar refractivity (Wildman–Crippen MR) is 80.5 cm³/mol. The van der Waals surface area contributed by atoms with Crippen molar-refractivity contribution in [1.82, 2.24) is 4.90 Å². The van der Waals surface area contributed by atoms with Gasteiger partial charge in [-0.05, 0) is 37.7 Å². The summed E-state index contributed by atoms with van der Waals surface area (Å²) in [7, 11) is 2.02. The number of carboxylic acid groups (broad SMARTS) is 1. The number of carboxylic acids is 1. The molecule has 0 fully saturated rings. The van der Waals surface area contributed by atoms with Crippen molar-refractivity contribution in [1.29, 1.82) is 0 Å². The van der Waals surface area contributed by atoms with Crippen LogP contribution in [0.1, 0.15) is 25.0 Å². The van der Waals surface area contributed by atoms with Crippen LogP contribution in [0.25, 0.3) is 0 Å². The zero-order chi connectivity index (χ0) is 14.0. The minimum atomic E-state index is -0.855. The highest BCUT2D eigenvalue weighted by Gasteiger charge is 2.13. The van der Waals surface area contributed by atoms with Gasteiger partial charge < -0.3 is 5.11 Å². The molecule has 0 radical (unpaired) electrons. The van der Waals surface area contributed by atoms with Crippen molar-refractivity contribution in [3.63, 3.8) is 0 Å². The quantitative estimate of drug-likeness (QED) is 0.903. The molecule has 2 aromatic rings. The van der Waals surface area contributed by atoms with E-state index in [9.17, 15) is 4.79 Å². The van der Waals surface area contributed by atoms with Crippen LogP contribution in [0, 0.1) is 6.92 Å². The second-order valence-corrected chi connectivity index (χ2v) is 7.43. The zero-order valence-corrected chi connectivity index (χ0v) is 13.0. The van der Waals surface area contributed by atoms with Crippen molar-refractivity contribution in [2.45, 2.75) is 20.0 Å². The first kappa shape index (κ1) is 14.5. The van der Waals surface area contributed by atoms with Crippen LogP contribution in [-0.4, -0.2) is 23.0 Å². The molecule has 0 amide bonds. The van der Waals surface area contributed by atoms with Crippen molar-refractivity contribution in [3.05, 3.63) is 42.7 Å². The zero-order valence-electron chi connectivity index (χ0n) is 10.6. The molecular formula is C13H14ClNO2S2. The number of hydrogen-bond donors (Lipinski definition) is 1. The molecule has 19 heavy (non-hydrogen) atoms. The fraction of sp³-hybridized carbons (Fsp3) is 0.308. The van der Waals surface area contributed by atoms with Crippen molar-refractivity contribution >= 4 is 40.2 Å². The van der Waals surface area contributed by atoms with E-state index in [1.54, 1.807) is 17.4 Å². The van der Waals surface area contributed by atoms with Gasteiger partial charge in [-0.15, -0.1) is 22.7 Å². The fourth-order valence-corrected chi connectivity index (χ4v) is 3.87. The molecule has 0 saturated heterocycles. The molecule has 2 aromatic heterocycles. The first-order chi connectivity index (χ1) is 8.95. The number of thiophene rings is 2. The minimum Gasteiger partial charge on any atom is -0.477 e. The average Bonchev–Trinajstić information content (AvgIpc) is 2.86. The highest BCUT2D eigenvalue weighted by molar-refractivity contribution is 7.16. The predicted octanol–water partition coefficient (Wildman–Crippen LogP) is 4.10. The van der Waals surface area contributed by atoms with Crippen LogP contribution >= 0.6 is 34.3 Å². The molecule has 6 heteroatoms. The average molecular weight is 316 g/mol. The lowest BCUT2D eigenvalue weighted by Gasteiger charge is -2.15. The van der Waals surface area contributed by atoms with E-state index >= 15 is 0 Å². The summed E-state index contributed by atoms with van der Waals surface area (Å²) in [5.41, 5.74) is 1.08. The summed E-state index contributed by atoms with van der Waals surface area (Å²) in [6, 6.07) is 5.68. The third-order valence-corrected chi connectivity index (χ3v) is 5.02. The highest BCUT2D eigenvalue weighted by atomic mass is 35.5. The Labute approximate surface area is 125 Å². The molecule has 102 valence electrons. The van der Waals surface area contributed by atoms with E-state index in [0.717, 1.165) is 27.9 Å². The highest BCUT2D eigenvalue weighted by Crippen LogP contribution is 2.25.